The molecular formula is C16H19N3O2S. The van der Waals surface area contributed by atoms with E-state index in [0.717, 1.165) is 41.9 Å². The molecule has 1 fully saturated rings. The number of carbonyl (C=O) groups is 1. The normalized spacial score (nSPS) is 16.6. The average molecular weight is 317 g/mol. The summed E-state index contributed by atoms with van der Waals surface area (Å²) < 4.78 is 0. The van der Waals surface area contributed by atoms with Gasteiger partial charge in [0.05, 0.1) is 17.7 Å². The number of carbonyl (C=O) groups excluding carboxylic acids is 1. The highest BCUT2D eigenvalue weighted by molar-refractivity contribution is 7.13. The zero-order valence-electron chi connectivity index (χ0n) is 12.3. The van der Waals surface area contributed by atoms with Gasteiger partial charge in [-0.15, -0.1) is 11.3 Å². The summed E-state index contributed by atoms with van der Waals surface area (Å²) in [4.78, 5) is 20.5. The Kier molecular flexibility index (Phi) is 4.49. The van der Waals surface area contributed by atoms with Gasteiger partial charge in [0.15, 0.2) is 0 Å². The Bertz CT molecular complexity index is 636. The number of amides is 1. The topological polar surface area (TPSA) is 75.1 Å². The van der Waals surface area contributed by atoms with Gasteiger partial charge in [-0.1, -0.05) is 12.8 Å². The first-order valence-electron chi connectivity index (χ1n) is 7.49. The van der Waals surface area contributed by atoms with Crippen LogP contribution in [0, 0.1) is 0 Å². The van der Waals surface area contributed by atoms with Gasteiger partial charge in [0.25, 0.3) is 0 Å². The summed E-state index contributed by atoms with van der Waals surface area (Å²) in [6.45, 7) is 0.339. The van der Waals surface area contributed by atoms with Crippen LogP contribution in [0.25, 0.3) is 10.6 Å². The van der Waals surface area contributed by atoms with Crippen LogP contribution in [0.15, 0.2) is 29.9 Å². The fourth-order valence-corrected chi connectivity index (χ4v) is 3.52. The average Bonchev–Trinajstić information content (AvgIpc) is 3.16. The van der Waals surface area contributed by atoms with Gasteiger partial charge in [0.2, 0.25) is 5.91 Å². The van der Waals surface area contributed by atoms with Crippen LogP contribution in [-0.4, -0.2) is 33.1 Å². The van der Waals surface area contributed by atoms with Crippen molar-refractivity contribution in [1.82, 2.24) is 15.3 Å². The number of nitrogens with one attached hydrogen (secondary N) is 1. The Morgan fingerprint density at radius 3 is 2.95 bits per heavy atom. The van der Waals surface area contributed by atoms with E-state index in [0.29, 0.717) is 6.54 Å². The SMILES string of the molecule is O=C(Cc1csc(-c2cccnc2)n1)NCC1(O)CCCC1. The maximum Gasteiger partial charge on any atom is 0.226 e. The van der Waals surface area contributed by atoms with E-state index in [2.05, 4.69) is 15.3 Å². The molecule has 0 aliphatic heterocycles. The van der Waals surface area contributed by atoms with Crippen LogP contribution in [0.5, 0.6) is 0 Å². The van der Waals surface area contributed by atoms with Crippen molar-refractivity contribution in [2.24, 2.45) is 0 Å². The molecule has 0 bridgehead atoms. The molecule has 116 valence electrons. The number of hydrogen-bond acceptors (Lipinski definition) is 5. The minimum atomic E-state index is -0.710. The predicted molar refractivity (Wildman–Crippen MR) is 85.5 cm³/mol. The summed E-state index contributed by atoms with van der Waals surface area (Å²) in [5, 5.41) is 15.8. The third-order valence-corrected chi connectivity index (χ3v) is 4.89. The molecule has 1 saturated carbocycles. The molecule has 2 aromatic heterocycles. The van der Waals surface area contributed by atoms with Crippen LogP contribution >= 0.6 is 11.3 Å². The first-order chi connectivity index (χ1) is 10.6. The molecule has 22 heavy (non-hydrogen) atoms. The van der Waals surface area contributed by atoms with Crippen LogP contribution < -0.4 is 5.32 Å². The molecule has 2 aromatic rings. The summed E-state index contributed by atoms with van der Waals surface area (Å²) >= 11 is 1.51. The van der Waals surface area contributed by atoms with Gasteiger partial charge < -0.3 is 10.4 Å². The zero-order valence-corrected chi connectivity index (χ0v) is 13.1. The number of rotatable bonds is 5. The van der Waals surface area contributed by atoms with Crippen molar-refractivity contribution < 1.29 is 9.90 Å². The van der Waals surface area contributed by atoms with E-state index in [4.69, 9.17) is 0 Å². The number of pyridine rings is 1. The minimum Gasteiger partial charge on any atom is -0.388 e. The van der Waals surface area contributed by atoms with E-state index in [9.17, 15) is 9.90 Å². The number of aromatic nitrogens is 2. The van der Waals surface area contributed by atoms with Crippen LogP contribution in [0.1, 0.15) is 31.4 Å². The molecule has 0 spiro atoms. The fraction of sp³-hybridized carbons (Fsp3) is 0.438. The maximum absolute atomic E-state index is 12.0. The largest absolute Gasteiger partial charge is 0.388 e. The Morgan fingerprint density at radius 2 is 2.23 bits per heavy atom. The molecule has 0 atom stereocenters. The molecule has 2 N–H and O–H groups in total. The van der Waals surface area contributed by atoms with Crippen molar-refractivity contribution in [3.05, 3.63) is 35.6 Å². The van der Waals surface area contributed by atoms with Crippen molar-refractivity contribution >= 4 is 17.2 Å². The molecule has 3 rings (SSSR count). The lowest BCUT2D eigenvalue weighted by molar-refractivity contribution is -0.121. The Labute approximate surface area is 133 Å². The van der Waals surface area contributed by atoms with E-state index in [1.165, 1.54) is 11.3 Å². The number of nitrogens with zero attached hydrogens (tertiary/aromatic N) is 2. The third kappa shape index (κ3) is 3.69. The lowest BCUT2D eigenvalue weighted by Crippen LogP contribution is -2.41. The summed E-state index contributed by atoms with van der Waals surface area (Å²) in [7, 11) is 0. The first kappa shape index (κ1) is 15.1. The number of aliphatic hydroxyl groups is 1. The summed E-state index contributed by atoms with van der Waals surface area (Å²) in [5.74, 6) is -0.0941. The smallest absolute Gasteiger partial charge is 0.226 e. The Hall–Kier alpha value is -1.79. The lowest BCUT2D eigenvalue weighted by Gasteiger charge is -2.22. The van der Waals surface area contributed by atoms with Crippen molar-refractivity contribution in [3.8, 4) is 10.6 Å². The quantitative estimate of drug-likeness (QED) is 0.886. The van der Waals surface area contributed by atoms with Crippen molar-refractivity contribution in [3.63, 3.8) is 0 Å². The molecular weight excluding hydrogens is 298 g/mol. The molecule has 2 heterocycles. The first-order valence-corrected chi connectivity index (χ1v) is 8.36. The van der Waals surface area contributed by atoms with Crippen LogP contribution in [0.2, 0.25) is 0 Å². The summed E-state index contributed by atoms with van der Waals surface area (Å²) in [6, 6.07) is 3.82. The Balaban J connectivity index is 1.55. The van der Waals surface area contributed by atoms with Crippen molar-refractivity contribution in [2.75, 3.05) is 6.54 Å². The van der Waals surface area contributed by atoms with Crippen molar-refractivity contribution in [1.29, 1.82) is 0 Å². The van der Waals surface area contributed by atoms with Gasteiger partial charge >= 0.3 is 0 Å². The molecule has 0 unspecified atom stereocenters. The van der Waals surface area contributed by atoms with Gasteiger partial charge in [0.1, 0.15) is 5.01 Å². The third-order valence-electron chi connectivity index (χ3n) is 3.95. The molecule has 1 amide bonds. The lowest BCUT2D eigenvalue weighted by atomic mass is 10.0. The number of hydrogen-bond donors (Lipinski definition) is 2. The second-order valence-electron chi connectivity index (χ2n) is 5.77. The molecule has 6 heteroatoms. The zero-order chi connectivity index (χ0) is 15.4. The van der Waals surface area contributed by atoms with E-state index < -0.39 is 5.60 Å². The van der Waals surface area contributed by atoms with Gasteiger partial charge in [-0.2, -0.15) is 0 Å². The highest BCUT2D eigenvalue weighted by atomic mass is 32.1. The molecule has 0 radical (unpaired) electrons. The number of thiazole rings is 1. The van der Waals surface area contributed by atoms with Crippen molar-refractivity contribution in [2.45, 2.75) is 37.7 Å². The summed E-state index contributed by atoms with van der Waals surface area (Å²) in [6.07, 6.45) is 7.34. The Morgan fingerprint density at radius 1 is 1.41 bits per heavy atom. The molecule has 0 aromatic carbocycles. The van der Waals surface area contributed by atoms with Crippen LogP contribution in [0.4, 0.5) is 0 Å². The van der Waals surface area contributed by atoms with E-state index in [1.807, 2.05) is 17.5 Å². The highest BCUT2D eigenvalue weighted by Gasteiger charge is 2.31. The fourth-order valence-electron chi connectivity index (χ4n) is 2.71. The van der Waals surface area contributed by atoms with E-state index >= 15 is 0 Å². The maximum atomic E-state index is 12.0. The predicted octanol–water partition coefficient (Wildman–Crippen LogP) is 2.17. The second kappa shape index (κ2) is 6.54. The van der Waals surface area contributed by atoms with Gasteiger partial charge in [0, 0.05) is 29.9 Å². The molecule has 1 aliphatic carbocycles. The van der Waals surface area contributed by atoms with Crippen LogP contribution in [0.3, 0.4) is 0 Å². The molecule has 0 saturated heterocycles. The second-order valence-corrected chi connectivity index (χ2v) is 6.63. The van der Waals surface area contributed by atoms with Gasteiger partial charge in [-0.25, -0.2) is 4.98 Å². The standard InChI is InChI=1S/C16H19N3O2S/c20-14(18-11-16(21)5-1-2-6-16)8-13-10-22-15(19-13)12-4-3-7-17-9-12/h3-4,7,9-10,21H,1-2,5-6,8,11H2,(H,18,20). The minimum absolute atomic E-state index is 0.0941. The molecule has 1 aliphatic rings. The van der Waals surface area contributed by atoms with Gasteiger partial charge in [-0.3, -0.25) is 9.78 Å². The highest BCUT2D eigenvalue weighted by Crippen LogP contribution is 2.28. The summed E-state index contributed by atoms with van der Waals surface area (Å²) in [5.41, 5.74) is 0.998. The van der Waals surface area contributed by atoms with Crippen LogP contribution in [-0.2, 0) is 11.2 Å². The molecule has 5 nitrogen and oxygen atoms in total. The van der Waals surface area contributed by atoms with Gasteiger partial charge in [-0.05, 0) is 25.0 Å². The monoisotopic (exact) mass is 317 g/mol. The van der Waals surface area contributed by atoms with E-state index in [-0.39, 0.29) is 12.3 Å². The van der Waals surface area contributed by atoms with E-state index in [1.54, 1.807) is 12.4 Å².